The molecule has 1 aliphatic heterocycles. The number of nitrogens with one attached hydrogen (secondary N) is 1. The Labute approximate surface area is 204 Å². The Kier molecular flexibility index (Phi) is 7.52. The van der Waals surface area contributed by atoms with Crippen LogP contribution in [0.25, 0.3) is 0 Å². The number of ketones is 1. The van der Waals surface area contributed by atoms with E-state index in [4.69, 9.17) is 16.3 Å². The van der Waals surface area contributed by atoms with Gasteiger partial charge in [0.2, 0.25) is 10.0 Å². The van der Waals surface area contributed by atoms with Crippen molar-refractivity contribution >= 4 is 39.1 Å². The lowest BCUT2D eigenvalue weighted by atomic mass is 9.83. The molecular weight excluding hydrogens is 480 g/mol. The van der Waals surface area contributed by atoms with Crippen molar-refractivity contribution in [3.05, 3.63) is 70.9 Å². The lowest BCUT2D eigenvalue weighted by Crippen LogP contribution is -2.48. The molecule has 0 fully saturated rings. The first kappa shape index (κ1) is 25.9. The minimum Gasteiger partial charge on any atom is -0.456 e. The molecule has 34 heavy (non-hydrogen) atoms. The van der Waals surface area contributed by atoms with Gasteiger partial charge in [-0.05, 0) is 42.8 Å². The van der Waals surface area contributed by atoms with Gasteiger partial charge in [-0.25, -0.2) is 8.42 Å². The molecule has 0 amide bonds. The fraction of sp³-hybridized carbons (Fsp3) is 0.333. The molecule has 1 aliphatic rings. The molecule has 2 N–H and O–H groups in total. The Morgan fingerprint density at radius 2 is 1.79 bits per heavy atom. The SMILES string of the molecule is C[C@H](O)[C@@H](NS(=O)(=O)c1ccc(Cl)cc1)C(=O)OCC(=O)/C=C1/N(C)c2ccccc2C1(C)C. The zero-order valence-electron chi connectivity index (χ0n) is 19.3. The number of carbonyl (C=O) groups excluding carboxylic acids is 2. The number of fused-ring (bicyclic) bond motifs is 1. The van der Waals surface area contributed by atoms with Gasteiger partial charge in [0.15, 0.2) is 12.4 Å². The molecule has 0 aromatic heterocycles. The highest BCUT2D eigenvalue weighted by Crippen LogP contribution is 2.46. The van der Waals surface area contributed by atoms with Crippen molar-refractivity contribution < 1.29 is 27.9 Å². The van der Waals surface area contributed by atoms with E-state index in [2.05, 4.69) is 4.72 Å². The third-order valence-electron chi connectivity index (χ3n) is 5.74. The number of allylic oxidation sites excluding steroid dienone is 1. The molecule has 0 bridgehead atoms. The second-order valence-corrected chi connectivity index (χ2v) is 10.7. The minimum absolute atomic E-state index is 0.137. The number of nitrogens with zero attached hydrogens (tertiary/aromatic N) is 1. The third kappa shape index (κ3) is 5.33. The van der Waals surface area contributed by atoms with E-state index in [0.29, 0.717) is 5.02 Å². The zero-order valence-corrected chi connectivity index (χ0v) is 20.9. The van der Waals surface area contributed by atoms with Gasteiger partial charge in [0.1, 0.15) is 6.04 Å². The summed E-state index contributed by atoms with van der Waals surface area (Å²) in [6.07, 6.45) is 0.0140. The number of benzene rings is 2. The highest BCUT2D eigenvalue weighted by Gasteiger charge is 2.38. The van der Waals surface area contributed by atoms with Crippen molar-refractivity contribution in [3.8, 4) is 0 Å². The first-order valence-corrected chi connectivity index (χ1v) is 12.4. The molecule has 0 aliphatic carbocycles. The Hall–Kier alpha value is -2.72. The summed E-state index contributed by atoms with van der Waals surface area (Å²) >= 11 is 5.78. The maximum atomic E-state index is 12.6. The molecule has 2 aromatic carbocycles. The molecule has 2 atom stereocenters. The standard InChI is InChI=1S/C24H27ClN2O6S/c1-15(28)22(26-34(31,32)18-11-9-16(25)10-12-18)23(30)33-14-17(29)13-21-24(2,3)19-7-5-6-8-20(19)27(21)4/h5-13,15,22,26,28H,14H2,1-4H3/b21-13+/t15-,22+/m0/s1. The van der Waals surface area contributed by atoms with Gasteiger partial charge in [-0.3, -0.25) is 9.59 Å². The van der Waals surface area contributed by atoms with E-state index in [1.165, 1.54) is 37.3 Å². The quantitative estimate of drug-likeness (QED) is 0.418. The zero-order chi connectivity index (χ0) is 25.3. The number of aliphatic hydroxyl groups is 1. The predicted octanol–water partition coefficient (Wildman–Crippen LogP) is 2.79. The van der Waals surface area contributed by atoms with Crippen LogP contribution >= 0.6 is 11.6 Å². The van der Waals surface area contributed by atoms with Crippen LogP contribution in [0.4, 0.5) is 5.69 Å². The van der Waals surface area contributed by atoms with Crippen LogP contribution in [0, 0.1) is 0 Å². The van der Waals surface area contributed by atoms with E-state index >= 15 is 0 Å². The van der Waals surface area contributed by atoms with Gasteiger partial charge in [-0.2, -0.15) is 4.72 Å². The number of halogens is 1. The number of rotatable bonds is 8. The molecule has 3 rings (SSSR count). The van der Waals surface area contributed by atoms with Crippen molar-refractivity contribution in [2.24, 2.45) is 0 Å². The van der Waals surface area contributed by atoms with Crippen LogP contribution in [-0.2, 0) is 29.8 Å². The predicted molar refractivity (Wildman–Crippen MR) is 129 cm³/mol. The molecule has 0 radical (unpaired) electrons. The highest BCUT2D eigenvalue weighted by atomic mass is 35.5. The van der Waals surface area contributed by atoms with Crippen molar-refractivity contribution in [2.45, 2.75) is 43.2 Å². The second-order valence-electron chi connectivity index (χ2n) is 8.60. The smallest absolute Gasteiger partial charge is 0.327 e. The van der Waals surface area contributed by atoms with Crippen LogP contribution in [-0.4, -0.2) is 51.1 Å². The van der Waals surface area contributed by atoms with Crippen LogP contribution in [0.3, 0.4) is 0 Å². The number of anilines is 1. The number of carbonyl (C=O) groups is 2. The van der Waals surface area contributed by atoms with Gasteiger partial charge in [0.25, 0.3) is 0 Å². The van der Waals surface area contributed by atoms with Crippen molar-refractivity contribution in [2.75, 3.05) is 18.6 Å². The van der Waals surface area contributed by atoms with E-state index < -0.39 is 45.9 Å². The van der Waals surface area contributed by atoms with Crippen LogP contribution in [0.15, 0.2) is 65.2 Å². The largest absolute Gasteiger partial charge is 0.456 e. The average Bonchev–Trinajstić information content (AvgIpc) is 2.97. The fourth-order valence-electron chi connectivity index (χ4n) is 3.88. The van der Waals surface area contributed by atoms with E-state index in [0.717, 1.165) is 16.9 Å². The van der Waals surface area contributed by atoms with Crippen molar-refractivity contribution in [1.29, 1.82) is 0 Å². The molecule has 0 unspecified atom stereocenters. The number of hydrogen-bond acceptors (Lipinski definition) is 7. The summed E-state index contributed by atoms with van der Waals surface area (Å²) in [5.41, 5.74) is 2.36. The Morgan fingerprint density at radius 1 is 1.18 bits per heavy atom. The molecular formula is C24H27ClN2O6S. The van der Waals surface area contributed by atoms with E-state index in [1.807, 2.05) is 50.1 Å². The van der Waals surface area contributed by atoms with Crippen LogP contribution in [0.1, 0.15) is 26.3 Å². The Bertz CT molecular complexity index is 1220. The molecule has 2 aromatic rings. The molecule has 0 saturated carbocycles. The van der Waals surface area contributed by atoms with E-state index in [9.17, 15) is 23.1 Å². The van der Waals surface area contributed by atoms with E-state index in [1.54, 1.807) is 0 Å². The third-order valence-corrected chi connectivity index (χ3v) is 7.45. The summed E-state index contributed by atoms with van der Waals surface area (Å²) in [6.45, 7) is 4.63. The summed E-state index contributed by atoms with van der Waals surface area (Å²) in [6, 6.07) is 11.5. The number of hydrogen-bond donors (Lipinski definition) is 2. The summed E-state index contributed by atoms with van der Waals surface area (Å²) in [5.74, 6) is -1.54. The first-order chi connectivity index (χ1) is 15.8. The van der Waals surface area contributed by atoms with Gasteiger partial charge in [0, 0.05) is 34.9 Å². The van der Waals surface area contributed by atoms with Gasteiger partial charge < -0.3 is 14.7 Å². The summed E-state index contributed by atoms with van der Waals surface area (Å²) in [7, 11) is -2.29. The van der Waals surface area contributed by atoms with E-state index in [-0.39, 0.29) is 4.90 Å². The number of aliphatic hydroxyl groups excluding tert-OH is 1. The Balaban J connectivity index is 1.70. The van der Waals surface area contributed by atoms with Gasteiger partial charge >= 0.3 is 5.97 Å². The molecule has 10 heteroatoms. The number of para-hydroxylation sites is 1. The maximum Gasteiger partial charge on any atom is 0.327 e. The van der Waals surface area contributed by atoms with Crippen molar-refractivity contribution in [3.63, 3.8) is 0 Å². The Morgan fingerprint density at radius 3 is 2.38 bits per heavy atom. The summed E-state index contributed by atoms with van der Waals surface area (Å²) in [5, 5.41) is 10.3. The molecule has 0 spiro atoms. The van der Waals surface area contributed by atoms with Gasteiger partial charge in [-0.15, -0.1) is 0 Å². The van der Waals surface area contributed by atoms with Crippen molar-refractivity contribution in [1.82, 2.24) is 4.72 Å². The molecule has 0 saturated heterocycles. The molecule has 182 valence electrons. The topological polar surface area (TPSA) is 113 Å². The highest BCUT2D eigenvalue weighted by molar-refractivity contribution is 7.89. The number of ether oxygens (including phenoxy) is 1. The van der Waals surface area contributed by atoms with Crippen LogP contribution in [0.2, 0.25) is 5.02 Å². The van der Waals surface area contributed by atoms with Gasteiger partial charge in [-0.1, -0.05) is 43.6 Å². The number of esters is 1. The lowest BCUT2D eigenvalue weighted by Gasteiger charge is -2.24. The molecule has 8 nitrogen and oxygen atoms in total. The minimum atomic E-state index is -4.15. The molecule has 1 heterocycles. The fourth-order valence-corrected chi connectivity index (χ4v) is 5.26. The monoisotopic (exact) mass is 506 g/mol. The average molecular weight is 507 g/mol. The number of likely N-dealkylation sites (N-methyl/N-ethyl adjacent to an activating group) is 1. The lowest BCUT2D eigenvalue weighted by molar-refractivity contribution is -0.151. The van der Waals surface area contributed by atoms with Crippen LogP contribution in [0.5, 0.6) is 0 Å². The second kappa shape index (κ2) is 9.87. The van der Waals surface area contributed by atoms with Crippen LogP contribution < -0.4 is 9.62 Å². The maximum absolute atomic E-state index is 12.6. The summed E-state index contributed by atoms with van der Waals surface area (Å²) < 4.78 is 32.4. The number of sulfonamides is 1. The van der Waals surface area contributed by atoms with Gasteiger partial charge in [0.05, 0.1) is 11.0 Å². The summed E-state index contributed by atoms with van der Waals surface area (Å²) in [4.78, 5) is 26.9. The first-order valence-electron chi connectivity index (χ1n) is 10.6. The normalized spacial score (nSPS) is 17.8.